The molecule has 0 atom stereocenters. The molecule has 2 N–H and O–H groups in total. The van der Waals surface area contributed by atoms with Crippen molar-refractivity contribution >= 4 is 29.7 Å². The van der Waals surface area contributed by atoms with E-state index in [-0.39, 0.29) is 18.3 Å². The zero-order valence-electron chi connectivity index (χ0n) is 13.3. The SMILES string of the molecule is COc1ccc(C)cc1NC(=O)c1cccc2c1CCCN2.Cl. The smallest absolute Gasteiger partial charge is 0.256 e. The number of amides is 1. The number of methoxy groups -OCH3 is 1. The van der Waals surface area contributed by atoms with Crippen LogP contribution < -0.4 is 15.4 Å². The summed E-state index contributed by atoms with van der Waals surface area (Å²) in [5.41, 5.74) is 4.67. The standard InChI is InChI=1S/C18H20N2O2.ClH/c1-12-8-9-17(22-2)16(11-12)20-18(21)14-5-3-7-15-13(14)6-4-10-19-15;/h3,5,7-9,11,19H,4,6,10H2,1-2H3,(H,20,21);1H. The Kier molecular flexibility index (Phi) is 5.50. The highest BCUT2D eigenvalue weighted by Crippen LogP contribution is 2.29. The first kappa shape index (κ1) is 17.2. The van der Waals surface area contributed by atoms with Gasteiger partial charge in [-0.25, -0.2) is 0 Å². The van der Waals surface area contributed by atoms with Gasteiger partial charge in [0.25, 0.3) is 5.91 Å². The molecule has 1 amide bonds. The fraction of sp³-hybridized carbons (Fsp3) is 0.278. The van der Waals surface area contributed by atoms with E-state index in [0.717, 1.165) is 41.8 Å². The van der Waals surface area contributed by atoms with E-state index in [4.69, 9.17) is 4.74 Å². The van der Waals surface area contributed by atoms with E-state index in [0.29, 0.717) is 11.4 Å². The van der Waals surface area contributed by atoms with Crippen LogP contribution in [0.4, 0.5) is 11.4 Å². The number of fused-ring (bicyclic) bond motifs is 1. The molecule has 0 unspecified atom stereocenters. The fourth-order valence-electron chi connectivity index (χ4n) is 2.83. The van der Waals surface area contributed by atoms with Gasteiger partial charge in [-0.15, -0.1) is 12.4 Å². The Labute approximate surface area is 142 Å². The lowest BCUT2D eigenvalue weighted by Gasteiger charge is -2.21. The summed E-state index contributed by atoms with van der Waals surface area (Å²) in [6, 6.07) is 11.6. The highest BCUT2D eigenvalue weighted by atomic mass is 35.5. The number of nitrogens with one attached hydrogen (secondary N) is 2. The molecule has 0 radical (unpaired) electrons. The van der Waals surface area contributed by atoms with Gasteiger partial charge in [-0.05, 0) is 55.2 Å². The Bertz CT molecular complexity index is 716. The Hall–Kier alpha value is -2.20. The van der Waals surface area contributed by atoms with Crippen LogP contribution in [0.1, 0.15) is 27.9 Å². The van der Waals surface area contributed by atoms with Gasteiger partial charge in [-0.3, -0.25) is 4.79 Å². The average molecular weight is 333 g/mol. The van der Waals surface area contributed by atoms with Crippen LogP contribution in [0, 0.1) is 6.92 Å². The molecule has 0 bridgehead atoms. The number of benzene rings is 2. The molecule has 0 aliphatic carbocycles. The van der Waals surface area contributed by atoms with Crippen LogP contribution in [0.15, 0.2) is 36.4 Å². The maximum absolute atomic E-state index is 12.7. The Morgan fingerprint density at radius 1 is 1.26 bits per heavy atom. The van der Waals surface area contributed by atoms with E-state index in [2.05, 4.69) is 10.6 Å². The summed E-state index contributed by atoms with van der Waals surface area (Å²) in [4.78, 5) is 12.7. The summed E-state index contributed by atoms with van der Waals surface area (Å²) < 4.78 is 5.32. The van der Waals surface area contributed by atoms with Crippen LogP contribution in [0.3, 0.4) is 0 Å². The van der Waals surface area contributed by atoms with Crippen molar-refractivity contribution in [3.05, 3.63) is 53.1 Å². The Morgan fingerprint density at radius 3 is 2.87 bits per heavy atom. The molecule has 0 fully saturated rings. The number of hydrogen-bond donors (Lipinski definition) is 2. The second-order valence-corrected chi connectivity index (χ2v) is 5.52. The number of anilines is 2. The first-order chi connectivity index (χ1) is 10.7. The van der Waals surface area contributed by atoms with Crippen molar-refractivity contribution in [1.29, 1.82) is 0 Å². The summed E-state index contributed by atoms with van der Waals surface area (Å²) >= 11 is 0. The van der Waals surface area contributed by atoms with Gasteiger partial charge in [0.1, 0.15) is 5.75 Å². The van der Waals surface area contributed by atoms with Crippen molar-refractivity contribution in [2.75, 3.05) is 24.3 Å². The molecule has 1 heterocycles. The van der Waals surface area contributed by atoms with Gasteiger partial charge in [0.05, 0.1) is 12.8 Å². The first-order valence-electron chi connectivity index (χ1n) is 7.51. The van der Waals surface area contributed by atoms with Crippen molar-refractivity contribution in [1.82, 2.24) is 0 Å². The minimum absolute atomic E-state index is 0. The molecule has 2 aromatic carbocycles. The number of hydrogen-bond acceptors (Lipinski definition) is 3. The van der Waals surface area contributed by atoms with Crippen LogP contribution in [0.5, 0.6) is 5.75 Å². The average Bonchev–Trinajstić information content (AvgIpc) is 2.54. The quantitative estimate of drug-likeness (QED) is 0.892. The second kappa shape index (κ2) is 7.38. The van der Waals surface area contributed by atoms with Crippen molar-refractivity contribution in [2.45, 2.75) is 19.8 Å². The maximum Gasteiger partial charge on any atom is 0.256 e. The van der Waals surface area contributed by atoms with Crippen LogP contribution in [0.25, 0.3) is 0 Å². The van der Waals surface area contributed by atoms with Gasteiger partial charge in [0.2, 0.25) is 0 Å². The summed E-state index contributed by atoms with van der Waals surface area (Å²) in [5.74, 6) is 0.575. The maximum atomic E-state index is 12.7. The molecular formula is C18H21ClN2O2. The summed E-state index contributed by atoms with van der Waals surface area (Å²) in [6.45, 7) is 2.95. The monoisotopic (exact) mass is 332 g/mol. The van der Waals surface area contributed by atoms with Gasteiger partial charge in [-0.1, -0.05) is 12.1 Å². The van der Waals surface area contributed by atoms with Crippen molar-refractivity contribution < 1.29 is 9.53 Å². The van der Waals surface area contributed by atoms with E-state index in [1.807, 2.05) is 43.3 Å². The lowest BCUT2D eigenvalue weighted by atomic mass is 9.97. The minimum Gasteiger partial charge on any atom is -0.495 e. The molecule has 3 rings (SSSR count). The highest BCUT2D eigenvalue weighted by Gasteiger charge is 2.18. The summed E-state index contributed by atoms with van der Waals surface area (Å²) in [6.07, 6.45) is 1.97. The zero-order chi connectivity index (χ0) is 15.5. The van der Waals surface area contributed by atoms with Crippen LogP contribution in [0.2, 0.25) is 0 Å². The molecule has 2 aromatic rings. The molecule has 4 nitrogen and oxygen atoms in total. The van der Waals surface area contributed by atoms with E-state index in [1.54, 1.807) is 7.11 Å². The van der Waals surface area contributed by atoms with Crippen LogP contribution in [-0.4, -0.2) is 19.6 Å². The van der Waals surface area contributed by atoms with E-state index >= 15 is 0 Å². The van der Waals surface area contributed by atoms with Crippen molar-refractivity contribution in [2.24, 2.45) is 0 Å². The van der Waals surface area contributed by atoms with Gasteiger partial charge < -0.3 is 15.4 Å². The Balaban J connectivity index is 0.00000192. The molecule has 1 aliphatic heterocycles. The summed E-state index contributed by atoms with van der Waals surface area (Å²) in [7, 11) is 1.61. The molecular weight excluding hydrogens is 312 g/mol. The molecule has 122 valence electrons. The summed E-state index contributed by atoms with van der Waals surface area (Å²) in [5, 5.41) is 6.33. The third kappa shape index (κ3) is 3.59. The predicted octanol–water partition coefficient (Wildman–Crippen LogP) is 4.04. The number of rotatable bonds is 3. The minimum atomic E-state index is -0.0931. The molecule has 23 heavy (non-hydrogen) atoms. The number of carbonyl (C=O) groups excluding carboxylic acids is 1. The van der Waals surface area contributed by atoms with Crippen molar-refractivity contribution in [3.63, 3.8) is 0 Å². The van der Waals surface area contributed by atoms with Gasteiger partial charge >= 0.3 is 0 Å². The predicted molar refractivity (Wildman–Crippen MR) is 96.2 cm³/mol. The normalized spacial score (nSPS) is 12.4. The zero-order valence-corrected chi connectivity index (χ0v) is 14.1. The van der Waals surface area contributed by atoms with Crippen LogP contribution >= 0.6 is 12.4 Å². The topological polar surface area (TPSA) is 50.4 Å². The Morgan fingerprint density at radius 2 is 2.09 bits per heavy atom. The van der Waals surface area contributed by atoms with E-state index < -0.39 is 0 Å². The van der Waals surface area contributed by atoms with Gasteiger partial charge in [0, 0.05) is 17.8 Å². The first-order valence-corrected chi connectivity index (χ1v) is 7.51. The number of halogens is 1. The van der Waals surface area contributed by atoms with Crippen molar-refractivity contribution in [3.8, 4) is 5.75 Å². The largest absolute Gasteiger partial charge is 0.495 e. The van der Waals surface area contributed by atoms with Gasteiger partial charge in [-0.2, -0.15) is 0 Å². The third-order valence-corrected chi connectivity index (χ3v) is 3.94. The molecule has 5 heteroatoms. The highest BCUT2D eigenvalue weighted by molar-refractivity contribution is 6.07. The van der Waals surface area contributed by atoms with E-state index in [1.165, 1.54) is 0 Å². The second-order valence-electron chi connectivity index (χ2n) is 5.52. The molecule has 0 saturated heterocycles. The molecule has 0 saturated carbocycles. The molecule has 1 aliphatic rings. The molecule has 0 spiro atoms. The van der Waals surface area contributed by atoms with Crippen LogP contribution in [-0.2, 0) is 6.42 Å². The van der Waals surface area contributed by atoms with E-state index in [9.17, 15) is 4.79 Å². The third-order valence-electron chi connectivity index (χ3n) is 3.94. The molecule has 0 aromatic heterocycles. The lowest BCUT2D eigenvalue weighted by molar-refractivity contribution is 0.102. The lowest BCUT2D eigenvalue weighted by Crippen LogP contribution is -2.19. The fourth-order valence-corrected chi connectivity index (χ4v) is 2.83. The number of carbonyl (C=O) groups is 1. The van der Waals surface area contributed by atoms with Gasteiger partial charge in [0.15, 0.2) is 0 Å². The number of ether oxygens (including phenoxy) is 1. The number of aryl methyl sites for hydroxylation is 1.